The number of aromatic nitrogens is 6. The highest BCUT2D eigenvalue weighted by molar-refractivity contribution is 5.84. The van der Waals surface area contributed by atoms with E-state index in [1.807, 2.05) is 24.0 Å². The summed E-state index contributed by atoms with van der Waals surface area (Å²) < 4.78 is 8.24. The van der Waals surface area contributed by atoms with E-state index in [0.717, 1.165) is 18.4 Å². The molecule has 0 saturated carbocycles. The number of hydrogen-bond acceptors (Lipinski definition) is 8. The minimum absolute atomic E-state index is 0.0674. The van der Waals surface area contributed by atoms with Gasteiger partial charge < -0.3 is 15.2 Å². The number of hydrogen-bond donors (Lipinski definition) is 1. The fraction of sp³-hybridized carbons (Fsp3) is 0.360. The van der Waals surface area contributed by atoms with Crippen LogP contribution < -0.4 is 11.4 Å². The minimum atomic E-state index is -0.279. The maximum atomic E-state index is 13.9. The standard InChI is InChI=1S/C25H28N8O3/c1-4-6-15(2)24(34)31-12-5-7-19(13-31)33-23-20(21(26)27-14-28-23)32(25(33)35)18-10-8-17(9-11-18)22-29-16(3)36-30-22/h4,8-11,14-15,19H,1,5-7,12-13H2,2-3H3,(H2,26,27,28). The second kappa shape index (κ2) is 9.40. The van der Waals surface area contributed by atoms with E-state index in [-0.39, 0.29) is 29.4 Å². The lowest BCUT2D eigenvalue weighted by atomic mass is 10.0. The number of aryl methyl sites for hydroxylation is 1. The number of carbonyl (C=O) groups is 1. The van der Waals surface area contributed by atoms with E-state index in [4.69, 9.17) is 10.3 Å². The van der Waals surface area contributed by atoms with Crippen molar-refractivity contribution < 1.29 is 9.32 Å². The fourth-order valence-electron chi connectivity index (χ4n) is 4.84. The molecule has 36 heavy (non-hydrogen) atoms. The molecule has 2 unspecified atom stereocenters. The molecule has 2 N–H and O–H groups in total. The van der Waals surface area contributed by atoms with Gasteiger partial charge >= 0.3 is 5.69 Å². The highest BCUT2D eigenvalue weighted by Gasteiger charge is 2.31. The lowest BCUT2D eigenvalue weighted by Crippen LogP contribution is -2.44. The van der Waals surface area contributed by atoms with Crippen molar-refractivity contribution in [2.24, 2.45) is 5.92 Å². The van der Waals surface area contributed by atoms with Gasteiger partial charge in [-0.2, -0.15) is 4.98 Å². The van der Waals surface area contributed by atoms with Crippen LogP contribution in [0.4, 0.5) is 5.82 Å². The summed E-state index contributed by atoms with van der Waals surface area (Å²) in [6, 6.07) is 7.00. The van der Waals surface area contributed by atoms with Gasteiger partial charge in [-0.25, -0.2) is 14.8 Å². The molecule has 5 rings (SSSR count). The molecule has 4 heterocycles. The number of amides is 1. The average Bonchev–Trinajstić information content (AvgIpc) is 3.45. The Morgan fingerprint density at radius 3 is 2.78 bits per heavy atom. The minimum Gasteiger partial charge on any atom is -0.382 e. The Morgan fingerprint density at radius 1 is 1.31 bits per heavy atom. The molecule has 0 radical (unpaired) electrons. The normalized spacial score (nSPS) is 16.8. The van der Waals surface area contributed by atoms with Crippen LogP contribution in [0, 0.1) is 12.8 Å². The quantitative estimate of drug-likeness (QED) is 0.409. The third kappa shape index (κ3) is 4.06. The average molecular weight is 489 g/mol. The van der Waals surface area contributed by atoms with Gasteiger partial charge in [0.25, 0.3) is 0 Å². The first-order valence-corrected chi connectivity index (χ1v) is 11.9. The summed E-state index contributed by atoms with van der Waals surface area (Å²) in [7, 11) is 0. The molecular weight excluding hydrogens is 460 g/mol. The molecular formula is C25H28N8O3. The molecule has 1 amide bonds. The Labute approximate surface area is 207 Å². The van der Waals surface area contributed by atoms with Crippen molar-refractivity contribution >= 4 is 22.9 Å². The summed E-state index contributed by atoms with van der Waals surface area (Å²) in [4.78, 5) is 41.5. The molecule has 0 aliphatic carbocycles. The van der Waals surface area contributed by atoms with Crippen LogP contribution in [0.5, 0.6) is 0 Å². The maximum absolute atomic E-state index is 13.9. The zero-order valence-corrected chi connectivity index (χ0v) is 20.3. The molecule has 0 bridgehead atoms. The Hall–Kier alpha value is -4.28. The Bertz CT molecular complexity index is 1480. The number of allylic oxidation sites excluding steroid dienone is 1. The van der Waals surface area contributed by atoms with Gasteiger partial charge in [-0.05, 0) is 43.5 Å². The van der Waals surface area contributed by atoms with Crippen LogP contribution in [0.2, 0.25) is 0 Å². The van der Waals surface area contributed by atoms with Crippen molar-refractivity contribution in [1.82, 2.24) is 34.1 Å². The molecule has 1 fully saturated rings. The van der Waals surface area contributed by atoms with Crippen molar-refractivity contribution in [1.29, 1.82) is 0 Å². The van der Waals surface area contributed by atoms with E-state index in [1.165, 1.54) is 10.9 Å². The largest absolute Gasteiger partial charge is 0.382 e. The van der Waals surface area contributed by atoms with Gasteiger partial charge in [0.15, 0.2) is 11.5 Å². The number of imidazole rings is 1. The molecule has 0 spiro atoms. The van der Waals surface area contributed by atoms with Gasteiger partial charge in [-0.3, -0.25) is 13.9 Å². The van der Waals surface area contributed by atoms with Gasteiger partial charge in [0.2, 0.25) is 17.6 Å². The zero-order chi connectivity index (χ0) is 25.4. The molecule has 11 nitrogen and oxygen atoms in total. The fourth-order valence-corrected chi connectivity index (χ4v) is 4.84. The SMILES string of the molecule is C=CCC(C)C(=O)N1CCCC(n2c(=O)n(-c3ccc(-c4noc(C)n4)cc3)c3c(N)ncnc32)C1. The van der Waals surface area contributed by atoms with Crippen LogP contribution in [0.25, 0.3) is 28.2 Å². The smallest absolute Gasteiger partial charge is 0.335 e. The number of likely N-dealkylation sites (tertiary alicyclic amines) is 1. The summed E-state index contributed by atoms with van der Waals surface area (Å²) in [5, 5.41) is 3.94. The molecule has 3 aromatic heterocycles. The first-order valence-electron chi connectivity index (χ1n) is 11.9. The number of rotatable bonds is 6. The first-order chi connectivity index (χ1) is 17.4. The molecule has 1 saturated heterocycles. The van der Waals surface area contributed by atoms with Crippen molar-refractivity contribution in [3.8, 4) is 17.1 Å². The topological polar surface area (TPSA) is 138 Å². The van der Waals surface area contributed by atoms with Crippen molar-refractivity contribution in [2.75, 3.05) is 18.8 Å². The number of nitrogen functional groups attached to an aromatic ring is 1. The van der Waals surface area contributed by atoms with Crippen LogP contribution in [0.15, 0.2) is 52.6 Å². The number of fused-ring (bicyclic) bond motifs is 1. The summed E-state index contributed by atoms with van der Waals surface area (Å²) in [6.45, 7) is 8.46. The van der Waals surface area contributed by atoms with Crippen LogP contribution in [0.1, 0.15) is 38.1 Å². The molecule has 11 heteroatoms. The Balaban J connectivity index is 1.55. The van der Waals surface area contributed by atoms with E-state index in [9.17, 15) is 9.59 Å². The van der Waals surface area contributed by atoms with E-state index < -0.39 is 0 Å². The van der Waals surface area contributed by atoms with Gasteiger partial charge in [0.1, 0.15) is 11.8 Å². The predicted molar refractivity (Wildman–Crippen MR) is 134 cm³/mol. The zero-order valence-electron chi connectivity index (χ0n) is 20.3. The predicted octanol–water partition coefficient (Wildman–Crippen LogP) is 2.90. The van der Waals surface area contributed by atoms with Gasteiger partial charge in [0, 0.05) is 31.5 Å². The van der Waals surface area contributed by atoms with E-state index in [2.05, 4.69) is 26.7 Å². The van der Waals surface area contributed by atoms with Gasteiger partial charge in [0.05, 0.1) is 11.7 Å². The van der Waals surface area contributed by atoms with E-state index in [0.29, 0.717) is 48.1 Å². The highest BCUT2D eigenvalue weighted by Crippen LogP contribution is 2.28. The molecule has 1 aliphatic rings. The third-order valence-corrected chi connectivity index (χ3v) is 6.61. The van der Waals surface area contributed by atoms with Gasteiger partial charge in [-0.1, -0.05) is 18.2 Å². The number of carbonyl (C=O) groups excluding carboxylic acids is 1. The number of nitrogens with two attached hydrogens (primary N) is 1. The van der Waals surface area contributed by atoms with Crippen LogP contribution in [-0.2, 0) is 4.79 Å². The van der Waals surface area contributed by atoms with Crippen LogP contribution in [-0.4, -0.2) is 53.1 Å². The maximum Gasteiger partial charge on any atom is 0.335 e. The second-order valence-electron chi connectivity index (χ2n) is 9.11. The van der Waals surface area contributed by atoms with Crippen molar-refractivity contribution in [3.63, 3.8) is 0 Å². The van der Waals surface area contributed by atoms with Crippen molar-refractivity contribution in [3.05, 3.63) is 59.6 Å². The Kier molecular flexibility index (Phi) is 6.13. The van der Waals surface area contributed by atoms with E-state index >= 15 is 0 Å². The molecule has 1 aliphatic heterocycles. The first kappa shape index (κ1) is 23.5. The van der Waals surface area contributed by atoms with Crippen molar-refractivity contribution in [2.45, 2.75) is 39.2 Å². The van der Waals surface area contributed by atoms with Gasteiger partial charge in [-0.15, -0.1) is 6.58 Å². The van der Waals surface area contributed by atoms with Crippen LogP contribution >= 0.6 is 0 Å². The monoisotopic (exact) mass is 488 g/mol. The summed E-state index contributed by atoms with van der Waals surface area (Å²) in [5.74, 6) is 1.06. The second-order valence-corrected chi connectivity index (χ2v) is 9.11. The van der Waals surface area contributed by atoms with Crippen LogP contribution in [0.3, 0.4) is 0 Å². The molecule has 1 aromatic carbocycles. The molecule has 186 valence electrons. The summed E-state index contributed by atoms with van der Waals surface area (Å²) >= 11 is 0. The lowest BCUT2D eigenvalue weighted by molar-refractivity contribution is -0.136. The number of nitrogens with zero attached hydrogens (tertiary/aromatic N) is 7. The van der Waals surface area contributed by atoms with E-state index in [1.54, 1.807) is 29.7 Å². The number of piperidine rings is 1. The summed E-state index contributed by atoms with van der Waals surface area (Å²) in [5.41, 5.74) is 8.22. The number of benzene rings is 1. The molecule has 4 aromatic rings. The lowest BCUT2D eigenvalue weighted by Gasteiger charge is -2.34. The molecule has 2 atom stereocenters. The summed E-state index contributed by atoms with van der Waals surface area (Å²) in [6.07, 6.45) is 5.27. The number of anilines is 1. The highest BCUT2D eigenvalue weighted by atomic mass is 16.5. The third-order valence-electron chi connectivity index (χ3n) is 6.61. The Morgan fingerprint density at radius 2 is 2.08 bits per heavy atom.